The van der Waals surface area contributed by atoms with Gasteiger partial charge in [0.1, 0.15) is 0 Å². The number of hydrogen-bond acceptors (Lipinski definition) is 2. The first-order valence-electron chi connectivity index (χ1n) is 5.28. The molecule has 0 saturated carbocycles. The second-order valence-corrected chi connectivity index (χ2v) is 4.62. The van der Waals surface area contributed by atoms with Crippen molar-refractivity contribution in [2.75, 3.05) is 7.05 Å². The van der Waals surface area contributed by atoms with Crippen molar-refractivity contribution < 1.29 is 4.79 Å². The quantitative estimate of drug-likeness (QED) is 0.890. The zero-order valence-corrected chi connectivity index (χ0v) is 11.3. The van der Waals surface area contributed by atoms with Crippen LogP contribution in [-0.4, -0.2) is 19.0 Å². The van der Waals surface area contributed by atoms with E-state index >= 15 is 0 Å². The Bertz CT molecular complexity index is 368. The predicted molar refractivity (Wildman–Crippen MR) is 69.2 cm³/mol. The molecular formula is C12H17BrN2O. The number of rotatable bonds is 4. The number of carbonyl (C=O) groups is 1. The minimum Gasteiger partial charge on any atom is -0.348 e. The summed E-state index contributed by atoms with van der Waals surface area (Å²) in [7, 11) is 1.77. The van der Waals surface area contributed by atoms with Crippen LogP contribution in [0.4, 0.5) is 0 Å². The van der Waals surface area contributed by atoms with Gasteiger partial charge in [-0.1, -0.05) is 34.1 Å². The van der Waals surface area contributed by atoms with Gasteiger partial charge in [0.25, 0.3) is 0 Å². The fraction of sp³-hybridized carbons (Fsp3) is 0.417. The first-order chi connectivity index (χ1) is 7.56. The minimum absolute atomic E-state index is 0.00104. The van der Waals surface area contributed by atoms with E-state index in [-0.39, 0.29) is 18.0 Å². The largest absolute Gasteiger partial charge is 0.348 e. The average Bonchev–Trinajstić information content (AvgIpc) is 2.28. The normalized spacial score (nSPS) is 14.2. The maximum absolute atomic E-state index is 11.7. The lowest BCUT2D eigenvalue weighted by atomic mass is 10.1. The molecular weight excluding hydrogens is 268 g/mol. The van der Waals surface area contributed by atoms with E-state index in [4.69, 9.17) is 0 Å². The highest BCUT2D eigenvalue weighted by atomic mass is 79.9. The van der Waals surface area contributed by atoms with Gasteiger partial charge in [-0.3, -0.25) is 4.79 Å². The number of benzene rings is 1. The Morgan fingerprint density at radius 2 is 1.94 bits per heavy atom. The zero-order chi connectivity index (χ0) is 12.1. The Balaban J connectivity index is 2.69. The summed E-state index contributed by atoms with van der Waals surface area (Å²) >= 11 is 3.47. The Kier molecular flexibility index (Phi) is 4.96. The second kappa shape index (κ2) is 6.01. The first kappa shape index (κ1) is 13.2. The van der Waals surface area contributed by atoms with Gasteiger partial charge in [-0.25, -0.2) is 0 Å². The molecule has 0 heterocycles. The molecule has 0 saturated heterocycles. The van der Waals surface area contributed by atoms with Crippen molar-refractivity contribution in [2.45, 2.75) is 25.9 Å². The summed E-state index contributed by atoms with van der Waals surface area (Å²) < 4.78 is 1.01. The Labute approximate surface area is 105 Å². The Morgan fingerprint density at radius 1 is 1.31 bits per heavy atom. The van der Waals surface area contributed by atoms with Crippen LogP contribution < -0.4 is 10.6 Å². The van der Waals surface area contributed by atoms with Crippen LogP contribution >= 0.6 is 15.9 Å². The van der Waals surface area contributed by atoms with Gasteiger partial charge >= 0.3 is 0 Å². The van der Waals surface area contributed by atoms with E-state index in [0.29, 0.717) is 0 Å². The summed E-state index contributed by atoms with van der Waals surface area (Å²) in [6.45, 7) is 3.81. The van der Waals surface area contributed by atoms with E-state index in [1.54, 1.807) is 7.05 Å². The molecule has 0 aliphatic rings. The predicted octanol–water partition coefficient (Wildman–Crippen LogP) is 2.23. The van der Waals surface area contributed by atoms with Crippen LogP contribution in [0.3, 0.4) is 0 Å². The third kappa shape index (κ3) is 3.32. The molecule has 0 aliphatic carbocycles. The number of likely N-dealkylation sites (N-methyl/N-ethyl adjacent to an activating group) is 1. The molecule has 1 aromatic carbocycles. The van der Waals surface area contributed by atoms with Gasteiger partial charge in [0.2, 0.25) is 5.91 Å². The van der Waals surface area contributed by atoms with Crippen LogP contribution in [0.2, 0.25) is 0 Å². The molecule has 1 amide bonds. The highest BCUT2D eigenvalue weighted by Gasteiger charge is 2.15. The van der Waals surface area contributed by atoms with Gasteiger partial charge in [-0.15, -0.1) is 0 Å². The van der Waals surface area contributed by atoms with Gasteiger partial charge in [0.15, 0.2) is 0 Å². The van der Waals surface area contributed by atoms with Crippen LogP contribution in [0.25, 0.3) is 0 Å². The van der Waals surface area contributed by atoms with Crippen LogP contribution in [0.15, 0.2) is 28.7 Å². The van der Waals surface area contributed by atoms with Crippen molar-refractivity contribution in [1.82, 2.24) is 10.6 Å². The zero-order valence-electron chi connectivity index (χ0n) is 9.75. The number of nitrogens with one attached hydrogen (secondary N) is 2. The van der Waals surface area contributed by atoms with Crippen molar-refractivity contribution in [2.24, 2.45) is 0 Å². The Hall–Kier alpha value is -0.870. The molecule has 0 spiro atoms. The third-order valence-corrected chi connectivity index (χ3v) is 3.28. The maximum atomic E-state index is 11.7. The van der Waals surface area contributed by atoms with Crippen molar-refractivity contribution >= 4 is 21.8 Å². The van der Waals surface area contributed by atoms with Crippen LogP contribution in [0, 0.1) is 0 Å². The molecule has 0 radical (unpaired) electrons. The number of halogens is 1. The molecule has 0 bridgehead atoms. The average molecular weight is 285 g/mol. The molecule has 0 aromatic heterocycles. The lowest BCUT2D eigenvalue weighted by molar-refractivity contribution is -0.123. The van der Waals surface area contributed by atoms with Gasteiger partial charge in [0.05, 0.1) is 12.1 Å². The molecule has 3 nitrogen and oxygen atoms in total. The summed E-state index contributed by atoms with van der Waals surface area (Å²) in [6.07, 6.45) is 0. The standard InChI is InChI=1S/C12H17BrN2O/c1-8(15-12(16)9(2)14-3)10-6-4-5-7-11(10)13/h4-9,14H,1-3H3,(H,15,16). The van der Waals surface area contributed by atoms with E-state index in [1.807, 2.05) is 38.1 Å². The topological polar surface area (TPSA) is 41.1 Å². The number of carbonyl (C=O) groups excluding carboxylic acids is 1. The maximum Gasteiger partial charge on any atom is 0.237 e. The smallest absolute Gasteiger partial charge is 0.237 e. The van der Waals surface area contributed by atoms with E-state index < -0.39 is 0 Å². The molecule has 16 heavy (non-hydrogen) atoms. The molecule has 0 aliphatic heterocycles. The van der Waals surface area contributed by atoms with E-state index in [9.17, 15) is 4.79 Å². The van der Waals surface area contributed by atoms with Crippen molar-refractivity contribution in [3.63, 3.8) is 0 Å². The van der Waals surface area contributed by atoms with Gasteiger partial charge in [-0.2, -0.15) is 0 Å². The fourth-order valence-corrected chi connectivity index (χ4v) is 2.00. The molecule has 4 heteroatoms. The molecule has 2 N–H and O–H groups in total. The summed E-state index contributed by atoms with van der Waals surface area (Å²) in [5.41, 5.74) is 1.08. The summed E-state index contributed by atoms with van der Waals surface area (Å²) in [4.78, 5) is 11.7. The lowest BCUT2D eigenvalue weighted by Crippen LogP contribution is -2.41. The fourth-order valence-electron chi connectivity index (χ4n) is 1.37. The molecule has 2 atom stereocenters. The Morgan fingerprint density at radius 3 is 2.50 bits per heavy atom. The molecule has 1 rings (SSSR count). The molecule has 2 unspecified atom stereocenters. The van der Waals surface area contributed by atoms with E-state index in [2.05, 4.69) is 26.6 Å². The van der Waals surface area contributed by atoms with Crippen LogP contribution in [-0.2, 0) is 4.79 Å². The SMILES string of the molecule is CNC(C)C(=O)NC(C)c1ccccc1Br. The summed E-state index contributed by atoms with van der Waals surface area (Å²) in [5.74, 6) is 0.00533. The van der Waals surface area contributed by atoms with Crippen LogP contribution in [0.5, 0.6) is 0 Å². The van der Waals surface area contributed by atoms with E-state index in [1.165, 1.54) is 0 Å². The molecule has 88 valence electrons. The molecule has 0 fully saturated rings. The monoisotopic (exact) mass is 284 g/mol. The van der Waals surface area contributed by atoms with Crippen molar-refractivity contribution in [3.8, 4) is 0 Å². The third-order valence-electron chi connectivity index (χ3n) is 2.56. The molecule has 1 aromatic rings. The van der Waals surface area contributed by atoms with Gasteiger partial charge < -0.3 is 10.6 Å². The van der Waals surface area contributed by atoms with Gasteiger partial charge in [-0.05, 0) is 32.5 Å². The lowest BCUT2D eigenvalue weighted by Gasteiger charge is -2.18. The first-order valence-corrected chi connectivity index (χ1v) is 6.07. The second-order valence-electron chi connectivity index (χ2n) is 3.76. The van der Waals surface area contributed by atoms with E-state index in [0.717, 1.165) is 10.0 Å². The number of amides is 1. The van der Waals surface area contributed by atoms with Crippen LogP contribution in [0.1, 0.15) is 25.5 Å². The van der Waals surface area contributed by atoms with Gasteiger partial charge in [0, 0.05) is 4.47 Å². The minimum atomic E-state index is -0.176. The summed E-state index contributed by atoms with van der Waals surface area (Å²) in [5, 5.41) is 5.87. The van der Waals surface area contributed by atoms with Crippen molar-refractivity contribution in [1.29, 1.82) is 0 Å². The van der Waals surface area contributed by atoms with Crippen molar-refractivity contribution in [3.05, 3.63) is 34.3 Å². The number of hydrogen-bond donors (Lipinski definition) is 2. The summed E-state index contributed by atoms with van der Waals surface area (Å²) in [6, 6.07) is 7.71. The highest BCUT2D eigenvalue weighted by molar-refractivity contribution is 9.10. The highest BCUT2D eigenvalue weighted by Crippen LogP contribution is 2.22.